The van der Waals surface area contributed by atoms with Crippen molar-refractivity contribution in [3.63, 3.8) is 0 Å². The lowest BCUT2D eigenvalue weighted by Gasteiger charge is -2.43. The van der Waals surface area contributed by atoms with Crippen molar-refractivity contribution in [2.24, 2.45) is 22.9 Å². The van der Waals surface area contributed by atoms with Crippen LogP contribution in [0.4, 0.5) is 4.79 Å². The quantitative estimate of drug-likeness (QED) is 0.133. The number of ether oxygens (including phenoxy) is 6. The Morgan fingerprint density at radius 1 is 0.937 bits per heavy atom. The smallest absolute Gasteiger partial charge is 0.413 e. The first kappa shape index (κ1) is 40.6. The molecule has 17 nitrogen and oxygen atoms in total. The molecule has 0 unspecified atom stereocenters. The second-order valence-electron chi connectivity index (χ2n) is 16.6. The van der Waals surface area contributed by atoms with Gasteiger partial charge in [0.05, 0.1) is 54.9 Å². The van der Waals surface area contributed by atoms with Gasteiger partial charge in [-0.05, 0) is 74.8 Å². The second kappa shape index (κ2) is 17.4. The molecule has 3 amide bonds. The number of benzene rings is 2. The zero-order valence-corrected chi connectivity index (χ0v) is 35.9. The van der Waals surface area contributed by atoms with E-state index in [9.17, 15) is 14.4 Å². The van der Waals surface area contributed by atoms with E-state index in [1.165, 1.54) is 23.9 Å². The Hall–Kier alpha value is -6.43. The first-order chi connectivity index (χ1) is 30.9. The molecule has 10 rings (SSSR count). The summed E-state index contributed by atoms with van der Waals surface area (Å²) in [4.78, 5) is 60.5. The van der Waals surface area contributed by atoms with E-state index in [0.717, 1.165) is 49.8 Å². The van der Waals surface area contributed by atoms with Crippen molar-refractivity contribution in [1.29, 1.82) is 0 Å². The van der Waals surface area contributed by atoms with Gasteiger partial charge in [-0.2, -0.15) is 5.10 Å². The van der Waals surface area contributed by atoms with Crippen LogP contribution in [0.1, 0.15) is 62.6 Å². The number of fused-ring (bicyclic) bond motifs is 3. The molecule has 63 heavy (non-hydrogen) atoms. The number of nitrogens with zero attached hydrogens (tertiary/aromatic N) is 6. The molecule has 2 N–H and O–H groups in total. The maximum Gasteiger partial charge on any atom is 0.413 e. The van der Waals surface area contributed by atoms with Gasteiger partial charge >= 0.3 is 6.09 Å². The van der Waals surface area contributed by atoms with Crippen LogP contribution in [-0.4, -0.2) is 106 Å². The fourth-order valence-electron chi connectivity index (χ4n) is 9.24. The highest BCUT2D eigenvalue weighted by atomic mass is 32.1. The standard InChI is InChI=1S/C45H48N8O9S/c1-57-32-10-9-26(17-35(32)58-2)38-29-5-3-4-6-30(29)43(54)53(51-38)28-13-15-52(16-14-28)44(55)31(18-27-21-63-23-49-27)50-45(56)62-36-19-46-41-39(36)47-22-48-40(41)37-33(59-20-25-7-8-25)11-12-34-42(37)61-24-60-34/h9-12,17,19,21-23,25,28-31,46H,3-8,13-16,18,20,24H2,1-2H3,(H,50,56)/t29-,30+,31+/m0/s1. The lowest BCUT2D eigenvalue weighted by molar-refractivity contribution is -0.143. The van der Waals surface area contributed by atoms with Crippen LogP contribution in [0, 0.1) is 17.8 Å². The minimum Gasteiger partial charge on any atom is -0.493 e. The number of nitrogens with one attached hydrogen (secondary N) is 2. The van der Waals surface area contributed by atoms with Gasteiger partial charge in [-0.1, -0.05) is 12.8 Å². The Balaban J connectivity index is 0.849. The molecule has 328 valence electrons. The van der Waals surface area contributed by atoms with Crippen molar-refractivity contribution in [3.05, 3.63) is 65.0 Å². The number of amides is 3. The fraction of sp³-hybridized carbons (Fsp3) is 0.444. The maximum absolute atomic E-state index is 14.3. The molecule has 2 aromatic carbocycles. The number of H-pyrrole nitrogens is 1. The van der Waals surface area contributed by atoms with E-state index in [4.69, 9.17) is 33.5 Å². The van der Waals surface area contributed by atoms with Crippen LogP contribution >= 0.6 is 11.3 Å². The molecule has 0 bridgehead atoms. The van der Waals surface area contributed by atoms with E-state index in [1.54, 1.807) is 29.6 Å². The minimum atomic E-state index is -0.976. The lowest BCUT2D eigenvalue weighted by Crippen LogP contribution is -2.56. The first-order valence-electron chi connectivity index (χ1n) is 21.5. The number of hydrazone groups is 1. The van der Waals surface area contributed by atoms with Crippen LogP contribution in [0.15, 0.2) is 58.8 Å². The first-order valence-corrected chi connectivity index (χ1v) is 22.5. The molecule has 3 aliphatic heterocycles. The fourth-order valence-corrected chi connectivity index (χ4v) is 9.81. The number of thiazole rings is 1. The SMILES string of the molecule is COc1ccc(C2=NN(C3CCN(C(=O)[C@@H](Cc4cscn4)NC(=O)Oc4c[nH]c5c(-c6c(OCC7CC7)ccc7c6OCO7)ncnc45)CC3)C(=O)[C@@H]3CCCC[C@H]23)cc1OC. The molecule has 0 radical (unpaired) electrons. The van der Waals surface area contributed by atoms with E-state index >= 15 is 0 Å². The van der Waals surface area contributed by atoms with Gasteiger partial charge in [0.15, 0.2) is 28.7 Å². The highest BCUT2D eigenvalue weighted by Gasteiger charge is 2.44. The molecule has 1 saturated heterocycles. The van der Waals surface area contributed by atoms with Crippen LogP contribution in [0.3, 0.4) is 0 Å². The summed E-state index contributed by atoms with van der Waals surface area (Å²) in [6.07, 6.45) is 9.32. The number of carbonyl (C=O) groups is 3. The molecule has 3 aromatic heterocycles. The van der Waals surface area contributed by atoms with Crippen LogP contribution in [0.25, 0.3) is 22.3 Å². The van der Waals surface area contributed by atoms with Gasteiger partial charge in [-0.25, -0.2) is 24.8 Å². The van der Waals surface area contributed by atoms with Crippen molar-refractivity contribution in [2.75, 3.05) is 40.7 Å². The number of likely N-dealkylation sites (tertiary alicyclic amines) is 1. The summed E-state index contributed by atoms with van der Waals surface area (Å²) in [5.74, 6) is 3.23. The summed E-state index contributed by atoms with van der Waals surface area (Å²) >= 11 is 1.41. The van der Waals surface area contributed by atoms with E-state index in [0.29, 0.717) is 95.2 Å². The monoisotopic (exact) mass is 876 g/mol. The van der Waals surface area contributed by atoms with Gasteiger partial charge in [0, 0.05) is 48.5 Å². The average Bonchev–Trinajstić information content (AvgIpc) is 3.60. The van der Waals surface area contributed by atoms with Crippen LogP contribution < -0.4 is 33.7 Å². The highest BCUT2D eigenvalue weighted by Crippen LogP contribution is 2.49. The summed E-state index contributed by atoms with van der Waals surface area (Å²) in [6.45, 7) is 1.39. The summed E-state index contributed by atoms with van der Waals surface area (Å²) in [5, 5.41) is 11.4. The molecule has 18 heteroatoms. The number of hydrogen-bond donors (Lipinski definition) is 2. The largest absolute Gasteiger partial charge is 0.493 e. The van der Waals surface area contributed by atoms with Crippen molar-refractivity contribution in [1.82, 2.24) is 35.2 Å². The Morgan fingerprint density at radius 3 is 2.52 bits per heavy atom. The predicted molar refractivity (Wildman–Crippen MR) is 230 cm³/mol. The van der Waals surface area contributed by atoms with E-state index in [2.05, 4.69) is 25.3 Å². The molecule has 6 heterocycles. The maximum atomic E-state index is 14.3. The summed E-state index contributed by atoms with van der Waals surface area (Å²) in [5.41, 5.74) is 6.12. The molecule has 3 atom stereocenters. The van der Waals surface area contributed by atoms with E-state index in [-0.39, 0.29) is 48.7 Å². The normalized spacial score (nSPS) is 20.2. The summed E-state index contributed by atoms with van der Waals surface area (Å²) < 4.78 is 34.8. The third-order valence-corrected chi connectivity index (χ3v) is 13.3. The van der Waals surface area contributed by atoms with Crippen molar-refractivity contribution in [2.45, 2.75) is 69.9 Å². The van der Waals surface area contributed by atoms with Gasteiger partial charge in [-0.3, -0.25) is 9.59 Å². The molecule has 5 aromatic rings. The molecule has 2 saturated carbocycles. The number of rotatable bonds is 13. The van der Waals surface area contributed by atoms with Crippen LogP contribution in [-0.2, 0) is 16.0 Å². The number of aromatic amines is 1. The van der Waals surface area contributed by atoms with Crippen LogP contribution in [0.5, 0.6) is 34.5 Å². The lowest BCUT2D eigenvalue weighted by atomic mass is 9.73. The van der Waals surface area contributed by atoms with E-state index < -0.39 is 12.1 Å². The molecular formula is C45H48N8O9S. The average molecular weight is 877 g/mol. The molecule has 3 fully saturated rings. The number of hydrogen-bond acceptors (Lipinski definition) is 14. The molecular weight excluding hydrogens is 829 g/mol. The third-order valence-electron chi connectivity index (χ3n) is 12.7. The third kappa shape index (κ3) is 8.07. The van der Waals surface area contributed by atoms with Gasteiger partial charge in [0.1, 0.15) is 29.3 Å². The predicted octanol–water partition coefficient (Wildman–Crippen LogP) is 6.36. The Bertz CT molecular complexity index is 2550. The van der Waals surface area contributed by atoms with E-state index in [1.807, 2.05) is 35.7 Å². The zero-order chi connectivity index (χ0) is 43.0. The second-order valence-corrected chi connectivity index (χ2v) is 17.3. The number of aromatic nitrogens is 4. The Labute approximate surface area is 367 Å². The molecule has 0 spiro atoms. The van der Waals surface area contributed by atoms with Crippen molar-refractivity contribution < 1.29 is 42.8 Å². The van der Waals surface area contributed by atoms with Gasteiger partial charge < -0.3 is 43.6 Å². The zero-order valence-electron chi connectivity index (χ0n) is 35.0. The minimum absolute atomic E-state index is 0.0246. The molecule has 5 aliphatic rings. The molecule has 2 aliphatic carbocycles. The summed E-state index contributed by atoms with van der Waals surface area (Å²) in [7, 11) is 3.21. The number of piperidine rings is 1. The number of carbonyl (C=O) groups excluding carboxylic acids is 3. The summed E-state index contributed by atoms with van der Waals surface area (Å²) in [6, 6.07) is 8.28. The van der Waals surface area contributed by atoms with Gasteiger partial charge in [-0.15, -0.1) is 11.3 Å². The van der Waals surface area contributed by atoms with Crippen LogP contribution in [0.2, 0.25) is 0 Å². The topological polar surface area (TPSA) is 192 Å². The van der Waals surface area contributed by atoms with Gasteiger partial charge in [0.25, 0.3) is 0 Å². The Morgan fingerprint density at radius 2 is 1.75 bits per heavy atom. The number of methoxy groups -OCH3 is 2. The Kier molecular flexibility index (Phi) is 11.2. The van der Waals surface area contributed by atoms with Crippen molar-refractivity contribution in [3.8, 4) is 45.8 Å². The highest BCUT2D eigenvalue weighted by molar-refractivity contribution is 7.07. The van der Waals surface area contributed by atoms with Crippen molar-refractivity contribution >= 4 is 46.0 Å². The van der Waals surface area contributed by atoms with Gasteiger partial charge in [0.2, 0.25) is 18.6 Å².